The largest absolute Gasteiger partial charge is 0.445 e. The molecule has 2 unspecified atom stereocenters. The zero-order valence-electron chi connectivity index (χ0n) is 15.8. The molecule has 0 saturated carbocycles. The Morgan fingerprint density at radius 2 is 1.82 bits per heavy atom. The molecule has 0 aliphatic heterocycles. The van der Waals surface area contributed by atoms with Crippen LogP contribution in [0, 0.1) is 0 Å². The van der Waals surface area contributed by atoms with Crippen molar-refractivity contribution in [3.05, 3.63) is 35.9 Å². The summed E-state index contributed by atoms with van der Waals surface area (Å²) in [6, 6.07) is 7.08. The average Bonchev–Trinajstić information content (AvgIpc) is 2.68. The van der Waals surface area contributed by atoms with E-state index in [2.05, 4.69) is 16.0 Å². The zero-order valence-corrected chi connectivity index (χ0v) is 15.8. The van der Waals surface area contributed by atoms with Crippen LogP contribution < -0.4 is 27.4 Å². The van der Waals surface area contributed by atoms with Crippen LogP contribution in [0.1, 0.15) is 25.3 Å². The van der Waals surface area contributed by atoms with Crippen molar-refractivity contribution >= 4 is 17.8 Å². The molecule has 28 heavy (non-hydrogen) atoms. The molecule has 156 valence electrons. The number of hydrogen-bond acceptors (Lipinski definition) is 7. The highest BCUT2D eigenvalue weighted by Crippen LogP contribution is 2.03. The van der Waals surface area contributed by atoms with Gasteiger partial charge in [0.05, 0.1) is 6.04 Å². The molecule has 1 rings (SSSR count). The number of Topliss-reactive ketones (excluding diaryl/α,β-unsaturated/α-hetero) is 1. The van der Waals surface area contributed by atoms with E-state index in [-0.39, 0.29) is 13.0 Å². The minimum absolute atomic E-state index is 0.0430. The quantitative estimate of drug-likeness (QED) is 0.244. The molecule has 0 bridgehead atoms. The highest BCUT2D eigenvalue weighted by atomic mass is 19.1. The second-order valence-corrected chi connectivity index (χ2v) is 6.21. The summed E-state index contributed by atoms with van der Waals surface area (Å²) in [4.78, 5) is 35.8. The standard InChI is InChI=1S/C18H28FN5O4/c1-12(15(25)10-19)23-16(26)14(8-5-9-22-17(20)21)24-18(27)28-11-13-6-3-2-4-7-13/h2-4,6-7,12,14,17,22H,5,8-11,20-21H2,1H3,(H,23,26)(H,24,27). The lowest BCUT2D eigenvalue weighted by Crippen LogP contribution is -2.51. The van der Waals surface area contributed by atoms with Gasteiger partial charge in [-0.1, -0.05) is 30.3 Å². The molecular formula is C18H28FN5O4. The highest BCUT2D eigenvalue weighted by molar-refractivity contribution is 5.92. The molecule has 7 N–H and O–H groups in total. The summed E-state index contributed by atoms with van der Waals surface area (Å²) >= 11 is 0. The molecule has 0 aliphatic rings. The number of alkyl carbamates (subject to hydrolysis) is 1. The Kier molecular flexibility index (Phi) is 10.7. The first-order valence-electron chi connectivity index (χ1n) is 8.94. The van der Waals surface area contributed by atoms with E-state index in [0.29, 0.717) is 13.0 Å². The number of hydrogen-bond donors (Lipinski definition) is 5. The van der Waals surface area contributed by atoms with Gasteiger partial charge in [-0.3, -0.25) is 14.9 Å². The summed E-state index contributed by atoms with van der Waals surface area (Å²) in [5.41, 5.74) is 11.6. The summed E-state index contributed by atoms with van der Waals surface area (Å²) in [6.07, 6.45) is -0.772. The predicted molar refractivity (Wildman–Crippen MR) is 102 cm³/mol. The van der Waals surface area contributed by atoms with Gasteiger partial charge in [-0.05, 0) is 31.9 Å². The summed E-state index contributed by atoms with van der Waals surface area (Å²) in [5, 5.41) is 7.64. The van der Waals surface area contributed by atoms with Gasteiger partial charge in [0, 0.05) is 0 Å². The second-order valence-electron chi connectivity index (χ2n) is 6.21. The number of ether oxygens (including phenoxy) is 1. The molecule has 0 aliphatic carbocycles. The van der Waals surface area contributed by atoms with Gasteiger partial charge < -0.3 is 26.8 Å². The molecule has 0 radical (unpaired) electrons. The van der Waals surface area contributed by atoms with E-state index in [1.165, 1.54) is 6.92 Å². The number of carbonyl (C=O) groups excluding carboxylic acids is 3. The van der Waals surface area contributed by atoms with Crippen LogP contribution in [-0.2, 0) is 20.9 Å². The van der Waals surface area contributed by atoms with Crippen molar-refractivity contribution in [1.82, 2.24) is 16.0 Å². The van der Waals surface area contributed by atoms with Crippen LogP contribution in [0.15, 0.2) is 30.3 Å². The third-order valence-corrected chi connectivity index (χ3v) is 3.84. The molecule has 1 aromatic carbocycles. The van der Waals surface area contributed by atoms with E-state index in [4.69, 9.17) is 16.2 Å². The SMILES string of the molecule is CC(NC(=O)C(CCCNC(N)N)NC(=O)OCc1ccccc1)C(=O)CF. The van der Waals surface area contributed by atoms with E-state index in [1.54, 1.807) is 12.1 Å². The number of amides is 2. The summed E-state index contributed by atoms with van der Waals surface area (Å²) in [5.74, 6) is -1.36. The van der Waals surface area contributed by atoms with Crippen LogP contribution in [0.2, 0.25) is 0 Å². The Morgan fingerprint density at radius 3 is 2.43 bits per heavy atom. The molecule has 0 aromatic heterocycles. The van der Waals surface area contributed by atoms with E-state index < -0.39 is 42.8 Å². The molecule has 0 heterocycles. The van der Waals surface area contributed by atoms with Crippen molar-refractivity contribution in [2.75, 3.05) is 13.2 Å². The van der Waals surface area contributed by atoms with E-state index in [1.807, 2.05) is 18.2 Å². The Bertz CT molecular complexity index is 630. The lowest BCUT2D eigenvalue weighted by molar-refractivity contribution is -0.129. The van der Waals surface area contributed by atoms with E-state index in [9.17, 15) is 18.8 Å². The lowest BCUT2D eigenvalue weighted by Gasteiger charge is -2.20. The number of alkyl halides is 1. The van der Waals surface area contributed by atoms with Gasteiger partial charge in [-0.2, -0.15) is 0 Å². The summed E-state index contributed by atoms with van der Waals surface area (Å²) < 4.78 is 17.6. The Balaban J connectivity index is 2.60. The van der Waals surface area contributed by atoms with Gasteiger partial charge in [0.2, 0.25) is 5.91 Å². The third kappa shape index (κ3) is 9.40. The smallest absolute Gasteiger partial charge is 0.408 e. The second kappa shape index (κ2) is 12.8. The highest BCUT2D eigenvalue weighted by Gasteiger charge is 2.24. The minimum Gasteiger partial charge on any atom is -0.445 e. The van der Waals surface area contributed by atoms with Gasteiger partial charge in [-0.15, -0.1) is 0 Å². The topological polar surface area (TPSA) is 149 Å². The van der Waals surface area contributed by atoms with Crippen molar-refractivity contribution in [2.45, 2.75) is 44.7 Å². The van der Waals surface area contributed by atoms with Crippen molar-refractivity contribution in [3.63, 3.8) is 0 Å². The summed E-state index contributed by atoms with van der Waals surface area (Å²) in [6.45, 7) is 0.652. The van der Waals surface area contributed by atoms with Crippen molar-refractivity contribution in [1.29, 1.82) is 0 Å². The number of ketones is 1. The molecule has 1 aromatic rings. The molecule has 0 fully saturated rings. The van der Waals surface area contributed by atoms with Crippen LogP contribution in [0.25, 0.3) is 0 Å². The first-order chi connectivity index (χ1) is 13.3. The van der Waals surface area contributed by atoms with Gasteiger partial charge in [0.15, 0.2) is 5.78 Å². The van der Waals surface area contributed by atoms with Crippen LogP contribution in [0.5, 0.6) is 0 Å². The Morgan fingerprint density at radius 1 is 1.14 bits per heavy atom. The number of nitrogens with two attached hydrogens (primary N) is 2. The molecule has 2 atom stereocenters. The fourth-order valence-electron chi connectivity index (χ4n) is 2.26. The van der Waals surface area contributed by atoms with Crippen LogP contribution in [0.3, 0.4) is 0 Å². The fraction of sp³-hybridized carbons (Fsp3) is 0.500. The average molecular weight is 397 g/mol. The van der Waals surface area contributed by atoms with Crippen molar-refractivity contribution in [2.24, 2.45) is 11.5 Å². The predicted octanol–water partition coefficient (Wildman–Crippen LogP) is -0.104. The number of carbonyl (C=O) groups is 3. The van der Waals surface area contributed by atoms with Crippen molar-refractivity contribution < 1.29 is 23.5 Å². The van der Waals surface area contributed by atoms with Gasteiger partial charge in [0.25, 0.3) is 0 Å². The molecular weight excluding hydrogens is 369 g/mol. The normalized spacial score (nSPS) is 12.9. The van der Waals surface area contributed by atoms with Crippen LogP contribution in [0.4, 0.5) is 9.18 Å². The van der Waals surface area contributed by atoms with Gasteiger partial charge >= 0.3 is 6.09 Å². The Hall–Kier alpha value is -2.56. The maximum Gasteiger partial charge on any atom is 0.408 e. The molecule has 0 spiro atoms. The maximum absolute atomic E-state index is 12.5. The number of nitrogens with one attached hydrogen (secondary N) is 3. The zero-order chi connectivity index (χ0) is 20.9. The molecule has 10 heteroatoms. The number of benzene rings is 1. The fourth-order valence-corrected chi connectivity index (χ4v) is 2.26. The molecule has 2 amide bonds. The lowest BCUT2D eigenvalue weighted by atomic mass is 10.1. The van der Waals surface area contributed by atoms with Crippen LogP contribution in [-0.4, -0.2) is 49.4 Å². The van der Waals surface area contributed by atoms with Gasteiger partial charge in [-0.25, -0.2) is 9.18 Å². The number of rotatable bonds is 12. The third-order valence-electron chi connectivity index (χ3n) is 3.84. The Labute approximate surface area is 163 Å². The first kappa shape index (κ1) is 23.5. The van der Waals surface area contributed by atoms with Gasteiger partial charge in [0.1, 0.15) is 25.6 Å². The molecule has 9 nitrogen and oxygen atoms in total. The number of halogens is 1. The van der Waals surface area contributed by atoms with E-state index in [0.717, 1.165) is 5.56 Å². The first-order valence-corrected chi connectivity index (χ1v) is 8.94. The summed E-state index contributed by atoms with van der Waals surface area (Å²) in [7, 11) is 0. The minimum atomic E-state index is -1.18. The molecule has 0 saturated heterocycles. The monoisotopic (exact) mass is 397 g/mol. The van der Waals surface area contributed by atoms with Crippen LogP contribution >= 0.6 is 0 Å². The van der Waals surface area contributed by atoms with E-state index >= 15 is 0 Å². The maximum atomic E-state index is 12.5. The van der Waals surface area contributed by atoms with Crippen molar-refractivity contribution in [3.8, 4) is 0 Å².